The van der Waals surface area contributed by atoms with Crippen LogP contribution in [0, 0.1) is 0 Å². The lowest BCUT2D eigenvalue weighted by Crippen LogP contribution is -2.39. The lowest BCUT2D eigenvalue weighted by atomic mass is 10.2. The molecule has 2 heterocycles. The van der Waals surface area contributed by atoms with Crippen LogP contribution in [0.2, 0.25) is 0 Å². The predicted molar refractivity (Wildman–Crippen MR) is 95.9 cm³/mol. The molecule has 0 aliphatic carbocycles. The van der Waals surface area contributed by atoms with Gasteiger partial charge in [0.05, 0.1) is 12.6 Å². The third kappa shape index (κ3) is 2.47. The second-order valence-corrected chi connectivity index (χ2v) is 6.73. The average molecular weight is 322 g/mol. The number of likely N-dealkylation sites (tertiary alicyclic amines) is 1. The van der Waals surface area contributed by atoms with Crippen molar-refractivity contribution in [2.75, 3.05) is 6.54 Å². The first-order valence-corrected chi connectivity index (χ1v) is 8.58. The van der Waals surface area contributed by atoms with Crippen molar-refractivity contribution in [3.63, 3.8) is 0 Å². The quantitative estimate of drug-likeness (QED) is 0.802. The molecule has 0 radical (unpaired) electrons. The van der Waals surface area contributed by atoms with E-state index in [2.05, 4.69) is 35.8 Å². The zero-order chi connectivity index (χ0) is 16.7. The second-order valence-electron chi connectivity index (χ2n) is 6.73. The van der Waals surface area contributed by atoms with Gasteiger partial charge in [-0.1, -0.05) is 36.4 Å². The lowest BCUT2D eigenvalue weighted by Gasteiger charge is -2.25. The van der Waals surface area contributed by atoms with E-state index in [1.807, 2.05) is 29.2 Å². The number of β-amino-alcohol motifs (C(OH)–C–C–N with tert-alkyl or cyclic N) is 1. The molecule has 24 heavy (non-hydrogen) atoms. The van der Waals surface area contributed by atoms with E-state index >= 15 is 0 Å². The van der Waals surface area contributed by atoms with Crippen LogP contribution < -0.4 is 0 Å². The molecule has 1 N–H and O–H groups in total. The van der Waals surface area contributed by atoms with Crippen molar-refractivity contribution in [2.24, 2.45) is 0 Å². The summed E-state index contributed by atoms with van der Waals surface area (Å²) in [6, 6.07) is 16.8. The first-order chi connectivity index (χ1) is 11.6. The van der Waals surface area contributed by atoms with E-state index in [9.17, 15) is 9.90 Å². The van der Waals surface area contributed by atoms with Gasteiger partial charge in [-0.3, -0.25) is 4.79 Å². The normalized spacial score (nSPS) is 19.5. The fourth-order valence-electron chi connectivity index (χ4n) is 3.85. The Morgan fingerprint density at radius 2 is 1.62 bits per heavy atom. The number of benzene rings is 2. The number of aromatic nitrogens is 1. The van der Waals surface area contributed by atoms with Gasteiger partial charge in [-0.2, -0.15) is 0 Å². The SMILES string of the molecule is C[C@@H]1CCC(=O)N1C[C@@H](O)Cn1c2ccccc2c2ccccc21. The van der Waals surface area contributed by atoms with Crippen molar-refractivity contribution in [2.45, 2.75) is 38.5 Å². The molecule has 0 bridgehead atoms. The highest BCUT2D eigenvalue weighted by molar-refractivity contribution is 6.07. The number of amides is 1. The molecule has 1 fully saturated rings. The van der Waals surface area contributed by atoms with Crippen LogP contribution >= 0.6 is 0 Å². The van der Waals surface area contributed by atoms with Crippen LogP contribution in [0.4, 0.5) is 0 Å². The summed E-state index contributed by atoms with van der Waals surface area (Å²) in [5, 5.41) is 13.0. The molecule has 4 heteroatoms. The number of fused-ring (bicyclic) bond motifs is 3. The molecule has 2 atom stereocenters. The van der Waals surface area contributed by atoms with Crippen molar-refractivity contribution in [3.05, 3.63) is 48.5 Å². The number of aliphatic hydroxyl groups excluding tert-OH is 1. The van der Waals surface area contributed by atoms with E-state index in [0.29, 0.717) is 19.5 Å². The Labute approximate surface area is 141 Å². The highest BCUT2D eigenvalue weighted by atomic mass is 16.3. The molecule has 1 aromatic heterocycles. The monoisotopic (exact) mass is 322 g/mol. The largest absolute Gasteiger partial charge is 0.389 e. The van der Waals surface area contributed by atoms with E-state index in [1.165, 1.54) is 10.8 Å². The fraction of sp³-hybridized carbons (Fsp3) is 0.350. The minimum Gasteiger partial charge on any atom is -0.389 e. The molecule has 124 valence electrons. The van der Waals surface area contributed by atoms with E-state index in [-0.39, 0.29) is 11.9 Å². The topological polar surface area (TPSA) is 45.5 Å². The fourth-order valence-corrected chi connectivity index (χ4v) is 3.85. The summed E-state index contributed by atoms with van der Waals surface area (Å²) < 4.78 is 2.17. The lowest BCUT2D eigenvalue weighted by molar-refractivity contribution is -0.130. The molecule has 1 aliphatic rings. The van der Waals surface area contributed by atoms with Crippen molar-refractivity contribution < 1.29 is 9.90 Å². The molecule has 4 nitrogen and oxygen atoms in total. The second kappa shape index (κ2) is 5.95. The third-order valence-electron chi connectivity index (χ3n) is 5.11. The van der Waals surface area contributed by atoms with Gasteiger partial charge in [0.1, 0.15) is 0 Å². The van der Waals surface area contributed by atoms with Crippen LogP contribution in [0.25, 0.3) is 21.8 Å². The first kappa shape index (κ1) is 15.2. The van der Waals surface area contributed by atoms with Gasteiger partial charge in [0.2, 0.25) is 5.91 Å². The Morgan fingerprint density at radius 3 is 2.17 bits per heavy atom. The molecule has 1 amide bonds. The highest BCUT2D eigenvalue weighted by Gasteiger charge is 2.29. The number of para-hydroxylation sites is 2. The van der Waals surface area contributed by atoms with E-state index < -0.39 is 6.10 Å². The Bertz CT molecular complexity index is 846. The van der Waals surface area contributed by atoms with Gasteiger partial charge in [0, 0.05) is 40.8 Å². The van der Waals surface area contributed by atoms with E-state index in [1.54, 1.807) is 0 Å². The molecule has 4 rings (SSSR count). The predicted octanol–water partition coefficient (Wildman–Crippen LogP) is 3.17. The zero-order valence-corrected chi connectivity index (χ0v) is 13.9. The van der Waals surface area contributed by atoms with Gasteiger partial charge in [0.15, 0.2) is 0 Å². The number of nitrogens with zero attached hydrogens (tertiary/aromatic N) is 2. The van der Waals surface area contributed by atoms with Gasteiger partial charge in [-0.05, 0) is 25.5 Å². The van der Waals surface area contributed by atoms with Crippen LogP contribution in [0.15, 0.2) is 48.5 Å². The van der Waals surface area contributed by atoms with Crippen molar-refractivity contribution in [3.8, 4) is 0 Å². The number of carbonyl (C=O) groups excluding carboxylic acids is 1. The third-order valence-corrected chi connectivity index (χ3v) is 5.11. The van der Waals surface area contributed by atoms with E-state index in [0.717, 1.165) is 17.5 Å². The summed E-state index contributed by atoms with van der Waals surface area (Å²) in [4.78, 5) is 13.8. The van der Waals surface area contributed by atoms with Crippen LogP contribution in [-0.4, -0.2) is 39.2 Å². The summed E-state index contributed by atoms with van der Waals surface area (Å²) in [6.07, 6.45) is 0.915. The highest BCUT2D eigenvalue weighted by Crippen LogP contribution is 2.29. The van der Waals surface area contributed by atoms with Gasteiger partial charge in [0.25, 0.3) is 0 Å². The molecule has 0 saturated carbocycles. The Morgan fingerprint density at radius 1 is 1.04 bits per heavy atom. The molecule has 0 unspecified atom stereocenters. The number of carbonyl (C=O) groups is 1. The van der Waals surface area contributed by atoms with Crippen LogP contribution in [0.1, 0.15) is 19.8 Å². The first-order valence-electron chi connectivity index (χ1n) is 8.58. The summed E-state index contributed by atoms with van der Waals surface area (Å²) in [7, 11) is 0. The number of hydrogen-bond donors (Lipinski definition) is 1. The van der Waals surface area contributed by atoms with Crippen molar-refractivity contribution in [1.82, 2.24) is 9.47 Å². The summed E-state index contributed by atoms with van der Waals surface area (Å²) in [6.45, 7) is 2.95. The zero-order valence-electron chi connectivity index (χ0n) is 13.9. The minimum absolute atomic E-state index is 0.156. The maximum Gasteiger partial charge on any atom is 0.222 e. The van der Waals surface area contributed by atoms with Crippen molar-refractivity contribution >= 4 is 27.7 Å². The molecule has 2 aromatic carbocycles. The number of aliphatic hydroxyl groups is 1. The molecule has 1 saturated heterocycles. The van der Waals surface area contributed by atoms with E-state index in [4.69, 9.17) is 0 Å². The minimum atomic E-state index is -0.575. The number of rotatable bonds is 4. The van der Waals surface area contributed by atoms with Gasteiger partial charge in [-0.15, -0.1) is 0 Å². The van der Waals surface area contributed by atoms with Gasteiger partial charge in [-0.25, -0.2) is 0 Å². The molecule has 0 spiro atoms. The summed E-state index contributed by atoms with van der Waals surface area (Å²) in [5.74, 6) is 0.156. The summed E-state index contributed by atoms with van der Waals surface area (Å²) in [5.41, 5.74) is 2.25. The molecule has 3 aromatic rings. The van der Waals surface area contributed by atoms with Crippen LogP contribution in [-0.2, 0) is 11.3 Å². The smallest absolute Gasteiger partial charge is 0.222 e. The standard InChI is InChI=1S/C20H22N2O2/c1-14-10-11-20(24)21(14)12-15(23)13-22-18-8-4-2-6-16(18)17-7-3-5-9-19(17)22/h2-9,14-15,23H,10-13H2,1H3/t14-,15-/m1/s1. The Hall–Kier alpha value is -2.33. The van der Waals surface area contributed by atoms with Crippen molar-refractivity contribution in [1.29, 1.82) is 0 Å². The molecular weight excluding hydrogens is 300 g/mol. The molecule has 1 aliphatic heterocycles. The maximum atomic E-state index is 12.0. The van der Waals surface area contributed by atoms with Gasteiger partial charge < -0.3 is 14.6 Å². The van der Waals surface area contributed by atoms with Crippen LogP contribution in [0.3, 0.4) is 0 Å². The van der Waals surface area contributed by atoms with Crippen LogP contribution in [0.5, 0.6) is 0 Å². The summed E-state index contributed by atoms with van der Waals surface area (Å²) >= 11 is 0. The molecular formula is C20H22N2O2. The Balaban J connectivity index is 1.67. The number of hydrogen-bond acceptors (Lipinski definition) is 2. The maximum absolute atomic E-state index is 12.0. The van der Waals surface area contributed by atoms with Gasteiger partial charge >= 0.3 is 0 Å². The Kier molecular flexibility index (Phi) is 3.77. The average Bonchev–Trinajstić information content (AvgIpc) is 3.08.